The Bertz CT molecular complexity index is 7020. The van der Waals surface area contributed by atoms with Gasteiger partial charge in [0.25, 0.3) is 0 Å². The fraction of sp³-hybridized carbons (Fsp3) is 0.0385. The Morgan fingerprint density at radius 3 is 0.550 bits per heavy atom. The number of carbonyl (C=O) groups excluding carboxylic acids is 4. The third kappa shape index (κ3) is 24.8. The molecule has 8 heterocycles. The van der Waals surface area contributed by atoms with Crippen LogP contribution in [-0.2, 0) is 58.8 Å². The van der Waals surface area contributed by atoms with Crippen LogP contribution in [0.25, 0.3) is 132 Å². The van der Waals surface area contributed by atoms with E-state index in [9.17, 15) is 71.9 Å². The summed E-state index contributed by atoms with van der Waals surface area (Å²) in [7, 11) is 0. The first-order valence-electron chi connectivity index (χ1n) is 41.5. The number of carbonyl (C=O) groups is 4. The molecule has 0 spiro atoms. The molecule has 8 N–H and O–H groups in total. The monoisotopic (exact) mass is 2030 g/mol. The number of anilines is 8. The summed E-state index contributed by atoms with van der Waals surface area (Å²) < 4.78 is 152. The SMILES string of the molecule is O=C(Nc1ccc(C(F)(F)F)cc1)Nc1cccc(-c2ccc3ccc4cccnc4c3n2)c1.O=C(Nc1ccc(C(F)(F)F)cc1)Nc1cccc(-c2ccc3ccc4cccnc4c3n2)c1.O=C(Nc1ccc(C(F)(F)F)cc1)Nc1cccc(-c2ccc3ccc4cccnc4c3n2)c1.O=C(Nc1ccc(C(F)(F)F)cc1)Nc1cccc(-c2ccc3ccc4cccnc4c3n2)c1.[Cl-].[Cl-].[Cu+].[Cu+]. The van der Waals surface area contributed by atoms with Crippen molar-refractivity contribution >= 4 is 157 Å². The Hall–Kier alpha value is -16.2. The molecule has 20 rings (SSSR count). The molecule has 0 unspecified atom stereocenters. The number of urea groups is 4. The maximum atomic E-state index is 12.7. The maximum Gasteiger partial charge on any atom is 1.00 e. The molecule has 36 heteroatoms. The molecule has 0 aliphatic carbocycles. The van der Waals surface area contributed by atoms with Crippen molar-refractivity contribution in [2.24, 2.45) is 0 Å². The Labute approximate surface area is 821 Å². The van der Waals surface area contributed by atoms with Gasteiger partial charge in [-0.05, 0) is 194 Å². The normalized spacial score (nSPS) is 11.2. The van der Waals surface area contributed by atoms with Crippen molar-refractivity contribution in [1.29, 1.82) is 0 Å². The van der Waals surface area contributed by atoms with Gasteiger partial charge < -0.3 is 67.3 Å². The molecule has 20 aromatic rings. The minimum absolute atomic E-state index is 0. The number of halogens is 14. The first-order chi connectivity index (χ1) is 65.5. The van der Waals surface area contributed by atoms with Crippen LogP contribution in [0.1, 0.15) is 22.3 Å². The summed E-state index contributed by atoms with van der Waals surface area (Å²) in [6, 6.07) is 90.3. The number of fused-ring (bicyclic) bond motifs is 12. The van der Waals surface area contributed by atoms with E-state index in [2.05, 4.69) is 62.5 Å². The maximum absolute atomic E-state index is 12.7. The second-order valence-electron chi connectivity index (χ2n) is 30.6. The molecule has 0 bridgehead atoms. The zero-order chi connectivity index (χ0) is 94.8. The molecule has 0 radical (unpaired) electrons. The zero-order valence-electron chi connectivity index (χ0n) is 71.7. The average molecular weight is 2030 g/mol. The molecule has 0 fully saturated rings. The molecule has 708 valence electrons. The van der Waals surface area contributed by atoms with E-state index >= 15 is 0 Å². The molecule has 0 atom stereocenters. The number of rotatable bonds is 12. The minimum Gasteiger partial charge on any atom is -1.00 e. The van der Waals surface area contributed by atoms with Crippen molar-refractivity contribution in [2.45, 2.75) is 24.7 Å². The van der Waals surface area contributed by atoms with Crippen LogP contribution in [0, 0.1) is 0 Å². The number of amides is 8. The second kappa shape index (κ2) is 43.8. The van der Waals surface area contributed by atoms with Crippen LogP contribution in [0.15, 0.2) is 365 Å². The number of hydrogen-bond acceptors (Lipinski definition) is 12. The number of nitrogens with one attached hydrogen (secondary N) is 8. The Kier molecular flexibility index (Phi) is 31.7. The van der Waals surface area contributed by atoms with Crippen molar-refractivity contribution in [3.8, 4) is 45.0 Å². The van der Waals surface area contributed by atoms with Crippen LogP contribution in [0.4, 0.5) is 117 Å². The fourth-order valence-electron chi connectivity index (χ4n) is 14.7. The minimum atomic E-state index is -4.43. The molecule has 0 aliphatic rings. The number of pyridine rings is 8. The van der Waals surface area contributed by atoms with Gasteiger partial charge in [0.05, 0.1) is 89.2 Å². The molecule has 140 heavy (non-hydrogen) atoms. The topological polar surface area (TPSA) is 268 Å². The van der Waals surface area contributed by atoms with Crippen LogP contribution >= 0.6 is 0 Å². The van der Waals surface area contributed by atoms with E-state index in [0.29, 0.717) is 22.7 Å². The van der Waals surface area contributed by atoms with Gasteiger partial charge in [-0.1, -0.05) is 146 Å². The van der Waals surface area contributed by atoms with E-state index in [-0.39, 0.29) is 81.7 Å². The van der Waals surface area contributed by atoms with Crippen molar-refractivity contribution in [1.82, 2.24) is 39.9 Å². The van der Waals surface area contributed by atoms with E-state index in [1.807, 2.05) is 170 Å². The van der Waals surface area contributed by atoms with E-state index in [1.54, 1.807) is 97.6 Å². The average Bonchev–Trinajstić information content (AvgIpc) is 0.788. The van der Waals surface area contributed by atoms with E-state index in [1.165, 1.54) is 48.5 Å². The van der Waals surface area contributed by atoms with Gasteiger partial charge in [0, 0.05) is 136 Å². The molecule has 8 aromatic heterocycles. The number of nitrogens with zero attached hydrogens (tertiary/aromatic N) is 8. The smallest absolute Gasteiger partial charge is 1.00 e. The van der Waals surface area contributed by atoms with Gasteiger partial charge in [0.15, 0.2) is 0 Å². The molecule has 0 saturated carbocycles. The van der Waals surface area contributed by atoms with Crippen LogP contribution < -0.4 is 67.3 Å². The number of alkyl halides is 12. The van der Waals surface area contributed by atoms with Crippen molar-refractivity contribution < 1.29 is 131 Å². The number of benzene rings is 12. The summed E-state index contributed by atoms with van der Waals surface area (Å²) in [4.78, 5) is 86.6. The molecule has 0 aliphatic heterocycles. The largest absolute Gasteiger partial charge is 1.00 e. The second-order valence-corrected chi connectivity index (χ2v) is 30.6. The Balaban J connectivity index is 0.000000156. The van der Waals surface area contributed by atoms with Gasteiger partial charge >= 0.3 is 83.0 Å². The zero-order valence-corrected chi connectivity index (χ0v) is 75.1. The predicted octanol–water partition coefficient (Wildman–Crippen LogP) is 22.5. The summed E-state index contributed by atoms with van der Waals surface area (Å²) in [6.07, 6.45) is -10.8. The summed E-state index contributed by atoms with van der Waals surface area (Å²) in [5.41, 5.74) is 12.4. The summed E-state index contributed by atoms with van der Waals surface area (Å²) in [5.74, 6) is 0. The Morgan fingerprint density at radius 1 is 0.193 bits per heavy atom. The molecule has 8 amide bonds. The van der Waals surface area contributed by atoms with E-state index in [4.69, 9.17) is 19.9 Å². The molecular weight excluding hydrogens is 1960 g/mol. The summed E-state index contributed by atoms with van der Waals surface area (Å²) in [5, 5.41) is 28.8. The van der Waals surface area contributed by atoms with Crippen LogP contribution in [0.2, 0.25) is 0 Å². The third-order valence-corrected chi connectivity index (χ3v) is 21.3. The van der Waals surface area contributed by atoms with Gasteiger partial charge in [-0.3, -0.25) is 19.9 Å². The van der Waals surface area contributed by atoms with Crippen molar-refractivity contribution in [3.05, 3.63) is 387 Å². The first kappa shape index (κ1) is 101. The third-order valence-electron chi connectivity index (χ3n) is 21.3. The van der Waals surface area contributed by atoms with E-state index in [0.717, 1.165) is 181 Å². The van der Waals surface area contributed by atoms with Gasteiger partial charge in [-0.15, -0.1) is 0 Å². The van der Waals surface area contributed by atoms with Gasteiger partial charge in [0.1, 0.15) is 0 Å². The van der Waals surface area contributed by atoms with Crippen molar-refractivity contribution in [3.63, 3.8) is 0 Å². The molecule has 12 aromatic carbocycles. The van der Waals surface area contributed by atoms with Gasteiger partial charge in [-0.2, -0.15) is 52.7 Å². The van der Waals surface area contributed by atoms with Crippen LogP contribution in [0.3, 0.4) is 0 Å². The van der Waals surface area contributed by atoms with E-state index < -0.39 is 71.1 Å². The Morgan fingerprint density at radius 2 is 0.364 bits per heavy atom. The summed E-state index contributed by atoms with van der Waals surface area (Å²) in [6.45, 7) is 0. The quantitative estimate of drug-likeness (QED) is 0.0322. The predicted molar refractivity (Wildman–Crippen MR) is 506 cm³/mol. The standard InChI is InChI=1S/4C26H17F3N4O.2ClH.2Cu/c4*27-26(28,29)19-9-11-20(12-10-19)31-25(34)32-21-5-1-3-18(15-21)22-13-8-17-7-6-16-4-2-14-30-23(16)24(17)33-22;;;;/h4*1-15H,(H2,31,32,34);2*1H;;/q;;;;;;2*+1/p-2. The van der Waals surface area contributed by atoms with Gasteiger partial charge in [0.2, 0.25) is 0 Å². The van der Waals surface area contributed by atoms with Crippen LogP contribution in [-0.4, -0.2) is 64.0 Å². The summed E-state index contributed by atoms with van der Waals surface area (Å²) >= 11 is 0. The molecule has 0 saturated heterocycles. The fourth-order valence-corrected chi connectivity index (χ4v) is 14.7. The molecular formula is C104H68Cl2Cu2F12N16O4. The first-order valence-corrected chi connectivity index (χ1v) is 41.5. The number of aromatic nitrogens is 8. The van der Waals surface area contributed by atoms with Crippen molar-refractivity contribution in [2.75, 3.05) is 42.5 Å². The van der Waals surface area contributed by atoms with Crippen LogP contribution in [0.5, 0.6) is 0 Å². The number of hydrogen-bond donors (Lipinski definition) is 8. The van der Waals surface area contributed by atoms with Gasteiger partial charge in [-0.25, -0.2) is 39.1 Å². The molecule has 20 nitrogen and oxygen atoms in total.